The summed E-state index contributed by atoms with van der Waals surface area (Å²) in [6, 6.07) is 24.1. The van der Waals surface area contributed by atoms with Gasteiger partial charge in [0.15, 0.2) is 5.82 Å². The Morgan fingerprint density at radius 1 is 0.950 bits per heavy atom. The molecule has 6 rings (SSSR count). The highest BCUT2D eigenvalue weighted by Gasteiger charge is 2.33. The molecular weight excluding hydrogens is 502 g/mol. The molecule has 1 aliphatic heterocycles. The lowest BCUT2D eigenvalue weighted by molar-refractivity contribution is 0.200. The first kappa shape index (κ1) is 25.8. The lowest BCUT2D eigenvalue weighted by Crippen LogP contribution is -2.49. The second-order valence-electron chi connectivity index (χ2n) is 10.4. The molecule has 0 aliphatic carbocycles. The maximum absolute atomic E-state index is 13.7. The third-order valence-corrected chi connectivity index (χ3v) is 7.73. The Labute approximate surface area is 233 Å². The van der Waals surface area contributed by atoms with E-state index in [4.69, 9.17) is 4.74 Å². The number of rotatable bonds is 7. The molecule has 0 amide bonds. The first-order chi connectivity index (χ1) is 19.5. The van der Waals surface area contributed by atoms with E-state index in [1.807, 2.05) is 54.1 Å². The van der Waals surface area contributed by atoms with E-state index >= 15 is 0 Å². The van der Waals surface area contributed by atoms with Crippen LogP contribution in [0.4, 0.5) is 5.69 Å². The summed E-state index contributed by atoms with van der Waals surface area (Å²) in [6.45, 7) is 7.77. The molecule has 1 atom stereocenters. The summed E-state index contributed by atoms with van der Waals surface area (Å²) in [4.78, 5) is 21.5. The molecular formula is C31H33N7O2. The van der Waals surface area contributed by atoms with Gasteiger partial charge in [0, 0.05) is 48.3 Å². The van der Waals surface area contributed by atoms with Crippen LogP contribution in [0.3, 0.4) is 0 Å². The largest absolute Gasteiger partial charge is 0.497 e. The summed E-state index contributed by atoms with van der Waals surface area (Å²) < 4.78 is 7.15. The van der Waals surface area contributed by atoms with E-state index in [1.165, 1.54) is 0 Å². The van der Waals surface area contributed by atoms with Gasteiger partial charge in [-0.3, -0.25) is 9.69 Å². The van der Waals surface area contributed by atoms with Crippen LogP contribution in [0.2, 0.25) is 0 Å². The SMILES string of the molecule is COc1ccc(N2CCN([C@@H](c3cc4c(C)cc(C)cc4[nH]c3=O)c3nnnn3Cc3ccccc3)CC2)cc1. The van der Waals surface area contributed by atoms with Crippen LogP contribution in [0, 0.1) is 13.8 Å². The lowest BCUT2D eigenvalue weighted by atomic mass is 9.99. The molecule has 9 heteroatoms. The molecule has 204 valence electrons. The minimum absolute atomic E-state index is 0.116. The number of H-pyrrole nitrogens is 1. The van der Waals surface area contributed by atoms with Crippen molar-refractivity contribution in [3.05, 3.63) is 111 Å². The summed E-state index contributed by atoms with van der Waals surface area (Å²) in [6.07, 6.45) is 0. The number of tetrazole rings is 1. The summed E-state index contributed by atoms with van der Waals surface area (Å²) in [7, 11) is 1.68. The summed E-state index contributed by atoms with van der Waals surface area (Å²) in [5.41, 5.74) is 5.87. The maximum atomic E-state index is 13.7. The van der Waals surface area contributed by atoms with Gasteiger partial charge in [0.2, 0.25) is 0 Å². The number of benzene rings is 3. The number of piperazine rings is 1. The molecule has 1 fully saturated rings. The van der Waals surface area contributed by atoms with Gasteiger partial charge in [-0.1, -0.05) is 36.4 Å². The van der Waals surface area contributed by atoms with E-state index in [2.05, 4.69) is 67.6 Å². The van der Waals surface area contributed by atoms with Crippen LogP contribution < -0.4 is 15.2 Å². The van der Waals surface area contributed by atoms with Crippen molar-refractivity contribution >= 4 is 16.6 Å². The molecule has 3 heterocycles. The number of nitrogens with zero attached hydrogens (tertiary/aromatic N) is 6. The predicted molar refractivity (Wildman–Crippen MR) is 156 cm³/mol. The average molecular weight is 536 g/mol. The van der Waals surface area contributed by atoms with Gasteiger partial charge in [0.1, 0.15) is 11.8 Å². The van der Waals surface area contributed by atoms with Crippen LogP contribution in [-0.2, 0) is 6.54 Å². The number of nitrogens with one attached hydrogen (secondary N) is 1. The van der Waals surface area contributed by atoms with E-state index in [9.17, 15) is 4.79 Å². The van der Waals surface area contributed by atoms with Crippen LogP contribution in [0.1, 0.15) is 34.1 Å². The molecule has 40 heavy (non-hydrogen) atoms. The molecule has 0 spiro atoms. The van der Waals surface area contributed by atoms with Gasteiger partial charge in [-0.05, 0) is 77.4 Å². The predicted octanol–water partition coefficient (Wildman–Crippen LogP) is 4.10. The van der Waals surface area contributed by atoms with Gasteiger partial charge >= 0.3 is 0 Å². The first-order valence-electron chi connectivity index (χ1n) is 13.6. The van der Waals surface area contributed by atoms with Crippen LogP contribution >= 0.6 is 0 Å². The van der Waals surface area contributed by atoms with Gasteiger partial charge in [-0.25, -0.2) is 4.68 Å². The molecule has 0 radical (unpaired) electrons. The summed E-state index contributed by atoms with van der Waals surface area (Å²) in [5.74, 6) is 1.50. The quantitative estimate of drug-likeness (QED) is 0.336. The van der Waals surface area contributed by atoms with E-state index in [0.717, 1.165) is 65.2 Å². The minimum Gasteiger partial charge on any atom is -0.497 e. The molecule has 0 saturated carbocycles. The monoisotopic (exact) mass is 535 g/mol. The number of ether oxygens (including phenoxy) is 1. The van der Waals surface area contributed by atoms with Crippen molar-refractivity contribution < 1.29 is 4.74 Å². The number of hydrogen-bond donors (Lipinski definition) is 1. The molecule has 1 saturated heterocycles. The summed E-state index contributed by atoms with van der Waals surface area (Å²) >= 11 is 0. The molecule has 1 aliphatic rings. The van der Waals surface area contributed by atoms with Crippen LogP contribution in [0.15, 0.2) is 77.6 Å². The van der Waals surface area contributed by atoms with Crippen molar-refractivity contribution in [2.45, 2.75) is 26.4 Å². The van der Waals surface area contributed by atoms with Gasteiger partial charge in [-0.2, -0.15) is 0 Å². The molecule has 1 N–H and O–H groups in total. The van der Waals surface area contributed by atoms with E-state index in [-0.39, 0.29) is 5.56 Å². The number of hydrogen-bond acceptors (Lipinski definition) is 7. The van der Waals surface area contributed by atoms with Crippen molar-refractivity contribution in [1.82, 2.24) is 30.1 Å². The Kier molecular flexibility index (Phi) is 7.04. The fourth-order valence-electron chi connectivity index (χ4n) is 5.70. The molecule has 2 aromatic heterocycles. The summed E-state index contributed by atoms with van der Waals surface area (Å²) in [5, 5.41) is 13.9. The second-order valence-corrected chi connectivity index (χ2v) is 10.4. The highest BCUT2D eigenvalue weighted by Crippen LogP contribution is 2.30. The number of methoxy groups -OCH3 is 1. The van der Waals surface area contributed by atoms with Crippen LogP contribution in [0.25, 0.3) is 10.9 Å². The number of aromatic amines is 1. The topological polar surface area (TPSA) is 92.2 Å². The van der Waals surface area contributed by atoms with Crippen LogP contribution in [0.5, 0.6) is 5.75 Å². The number of anilines is 1. The standard InChI is InChI=1S/C31H33N7O2/c1-21-17-22(2)26-19-27(31(39)32-28(26)18-21)29(30-33-34-35-38(30)20-23-7-5-4-6-8-23)37-15-13-36(14-16-37)24-9-11-25(40-3)12-10-24/h4-12,17-19,29H,13-16,20H2,1-3H3,(H,32,39)/t29-/m0/s1. The molecule has 3 aromatic carbocycles. The van der Waals surface area contributed by atoms with Gasteiger partial charge in [0.25, 0.3) is 5.56 Å². The molecule has 5 aromatic rings. The Balaban J connectivity index is 1.38. The maximum Gasteiger partial charge on any atom is 0.253 e. The zero-order valence-corrected chi connectivity index (χ0v) is 23.0. The van der Waals surface area contributed by atoms with E-state index < -0.39 is 6.04 Å². The number of pyridine rings is 1. The molecule has 0 bridgehead atoms. The van der Waals surface area contributed by atoms with E-state index in [0.29, 0.717) is 17.9 Å². The van der Waals surface area contributed by atoms with Gasteiger partial charge in [0.05, 0.1) is 13.7 Å². The fraction of sp³-hybridized carbons (Fsp3) is 0.290. The molecule has 0 unspecified atom stereocenters. The second kappa shape index (κ2) is 10.9. The first-order valence-corrected chi connectivity index (χ1v) is 13.6. The minimum atomic E-state index is -0.398. The zero-order valence-electron chi connectivity index (χ0n) is 23.0. The lowest BCUT2D eigenvalue weighted by Gasteiger charge is -2.39. The Hall–Kier alpha value is -4.50. The van der Waals surface area contributed by atoms with Crippen molar-refractivity contribution in [1.29, 1.82) is 0 Å². The number of fused-ring (bicyclic) bond motifs is 1. The Bertz CT molecular complexity index is 1670. The fourth-order valence-corrected chi connectivity index (χ4v) is 5.70. The highest BCUT2D eigenvalue weighted by atomic mass is 16.5. The van der Waals surface area contributed by atoms with Crippen LogP contribution in [-0.4, -0.2) is 63.4 Å². The number of aryl methyl sites for hydroxylation is 2. The third kappa shape index (κ3) is 5.08. The smallest absolute Gasteiger partial charge is 0.253 e. The Morgan fingerprint density at radius 3 is 2.42 bits per heavy atom. The highest BCUT2D eigenvalue weighted by molar-refractivity contribution is 5.83. The Morgan fingerprint density at radius 2 is 1.70 bits per heavy atom. The van der Waals surface area contributed by atoms with Crippen molar-refractivity contribution in [3.8, 4) is 5.75 Å². The average Bonchev–Trinajstić information content (AvgIpc) is 3.42. The third-order valence-electron chi connectivity index (χ3n) is 7.73. The van der Waals surface area contributed by atoms with Crippen molar-refractivity contribution in [2.24, 2.45) is 0 Å². The molecule has 9 nitrogen and oxygen atoms in total. The van der Waals surface area contributed by atoms with Crippen molar-refractivity contribution in [3.63, 3.8) is 0 Å². The van der Waals surface area contributed by atoms with E-state index in [1.54, 1.807) is 7.11 Å². The zero-order chi connectivity index (χ0) is 27.6. The normalized spacial score (nSPS) is 14.9. The number of aromatic nitrogens is 5. The van der Waals surface area contributed by atoms with Gasteiger partial charge < -0.3 is 14.6 Å². The van der Waals surface area contributed by atoms with Gasteiger partial charge in [-0.15, -0.1) is 5.10 Å². The van der Waals surface area contributed by atoms with Crippen molar-refractivity contribution in [2.75, 3.05) is 38.2 Å².